The molecule has 1 aliphatic heterocycles. The minimum Gasteiger partial charge on any atom is -0.433 e. The van der Waals surface area contributed by atoms with Gasteiger partial charge in [-0.25, -0.2) is 0 Å². The molecule has 0 bridgehead atoms. The Hall–Kier alpha value is -4.75. The summed E-state index contributed by atoms with van der Waals surface area (Å²) in [5.74, 6) is -4.73. The van der Waals surface area contributed by atoms with Crippen molar-refractivity contribution in [3.8, 4) is 0 Å². The molecule has 8 heteroatoms. The lowest BCUT2D eigenvalue weighted by Crippen LogP contribution is -2.97. The molecule has 8 aromatic carbocycles. The van der Waals surface area contributed by atoms with Gasteiger partial charge in [-0.15, -0.1) is 0 Å². The topological polar surface area (TPSA) is 6.48 Å². The average Bonchev–Trinajstić information content (AvgIpc) is 3.29. The Bertz CT molecular complexity index is 2130. The Kier molecular flexibility index (Phi) is 10.1. The fourth-order valence-electron chi connectivity index (χ4n) is 9.18. The summed E-state index contributed by atoms with van der Waals surface area (Å²) in [4.78, 5) is 0. The molecule has 9 rings (SSSR count). The summed E-state index contributed by atoms with van der Waals surface area (Å²) >= 11 is 18.1. The summed E-state index contributed by atoms with van der Waals surface area (Å²) in [6.45, 7) is 0. The molecule has 0 amide bonds. The van der Waals surface area contributed by atoms with Gasteiger partial charge in [0.05, 0.1) is 0 Å². The van der Waals surface area contributed by atoms with Crippen LogP contribution in [-0.2, 0) is 0 Å². The molecule has 1 aliphatic rings. The van der Waals surface area contributed by atoms with E-state index in [4.69, 9.17) is 22.9 Å². The van der Waals surface area contributed by atoms with Crippen LogP contribution in [0, 0.1) is 0 Å². The molecule has 272 valence electrons. The van der Waals surface area contributed by atoms with Crippen LogP contribution < -0.4 is 42.8 Å². The molecule has 8 aromatic rings. The second-order valence-corrected chi connectivity index (χ2v) is 22.0. The van der Waals surface area contributed by atoms with Crippen molar-refractivity contribution in [1.29, 1.82) is 0 Å². The van der Waals surface area contributed by atoms with E-state index in [-0.39, 0.29) is 0 Å². The summed E-state index contributed by atoms with van der Waals surface area (Å²) in [6.07, 6.45) is 0. The van der Waals surface area contributed by atoms with Gasteiger partial charge in [0, 0.05) is 0 Å². The van der Waals surface area contributed by atoms with Crippen LogP contribution >= 0.6 is 37.7 Å². The van der Waals surface area contributed by atoms with E-state index in [0.717, 1.165) is 10.9 Å². The maximum Gasteiger partial charge on any atom is 0.236 e. The molecule has 56 heavy (non-hydrogen) atoms. The molecule has 2 nitrogen and oxygen atoms in total. The number of halogens is 2. The Morgan fingerprint density at radius 2 is 0.411 bits per heavy atom. The SMILES string of the molecule is Cl[B-]1(c2ccccc2)N([P+](c2ccccc2)(c2ccccc2)c2ccccc2)[B-](Cl)(c2ccccc2)N1[P+](c1ccccc1)(c1ccccc1)c1ccccc1. The highest BCUT2D eigenvalue weighted by Gasteiger charge is 2.74. The van der Waals surface area contributed by atoms with Gasteiger partial charge in [-0.3, -0.25) is 0 Å². The first kappa shape index (κ1) is 36.9. The van der Waals surface area contributed by atoms with Gasteiger partial charge in [-0.05, 0) is 72.8 Å². The summed E-state index contributed by atoms with van der Waals surface area (Å²) in [5.41, 5.74) is 2.03. The van der Waals surface area contributed by atoms with E-state index < -0.39 is 26.5 Å². The smallest absolute Gasteiger partial charge is 0.236 e. The van der Waals surface area contributed by atoms with E-state index in [2.05, 4.69) is 252 Å². The fourth-order valence-corrected chi connectivity index (χ4v) is 21.8. The zero-order valence-electron chi connectivity index (χ0n) is 30.8. The third kappa shape index (κ3) is 5.59. The first-order valence-electron chi connectivity index (χ1n) is 19.1. The van der Waals surface area contributed by atoms with Gasteiger partial charge in [0.1, 0.15) is 46.7 Å². The van der Waals surface area contributed by atoms with Gasteiger partial charge in [0.2, 0.25) is 11.7 Å². The number of hydrogen-bond donors (Lipinski definition) is 0. The van der Waals surface area contributed by atoms with Crippen LogP contribution in [0.3, 0.4) is 0 Å². The van der Waals surface area contributed by atoms with Crippen molar-refractivity contribution in [2.24, 2.45) is 0 Å². The molecule has 0 unspecified atom stereocenters. The predicted octanol–water partition coefficient (Wildman–Crippen LogP) is 8.59. The minimum atomic E-state index is -2.91. The van der Waals surface area contributed by atoms with Gasteiger partial charge in [-0.1, -0.05) is 170 Å². The molecule has 0 saturated carbocycles. The van der Waals surface area contributed by atoms with Crippen molar-refractivity contribution in [3.05, 3.63) is 243 Å². The van der Waals surface area contributed by atoms with Gasteiger partial charge in [-0.2, -0.15) is 10.9 Å². The average molecular weight is 799 g/mol. The fraction of sp³-hybridized carbons (Fsp3) is 0. The normalized spacial score (nSPS) is 18.9. The van der Waals surface area contributed by atoms with Gasteiger partial charge in [0.25, 0.3) is 0 Å². The van der Waals surface area contributed by atoms with Crippen molar-refractivity contribution in [2.75, 3.05) is 0 Å². The molecule has 0 radical (unpaired) electrons. The maximum atomic E-state index is 9.07. The van der Waals surface area contributed by atoms with Crippen LogP contribution in [0.4, 0.5) is 0 Å². The number of hydrogen-bond acceptors (Lipinski definition) is 2. The van der Waals surface area contributed by atoms with Crippen molar-refractivity contribution >= 4 is 92.2 Å². The van der Waals surface area contributed by atoms with Crippen LogP contribution in [0.15, 0.2) is 243 Å². The quantitative estimate of drug-likeness (QED) is 0.101. The maximum absolute atomic E-state index is 9.07. The highest BCUT2D eigenvalue weighted by atomic mass is 35.5. The lowest BCUT2D eigenvalue weighted by Gasteiger charge is -2.83. The highest BCUT2D eigenvalue weighted by Crippen LogP contribution is 2.76. The van der Waals surface area contributed by atoms with E-state index in [9.17, 15) is 0 Å². The zero-order chi connectivity index (χ0) is 38.1. The summed E-state index contributed by atoms with van der Waals surface area (Å²) in [7, 11) is -5.82. The van der Waals surface area contributed by atoms with E-state index in [1.807, 2.05) is 0 Å². The molecule has 0 atom stereocenters. The van der Waals surface area contributed by atoms with Crippen LogP contribution in [0.1, 0.15) is 0 Å². The lowest BCUT2D eigenvalue weighted by molar-refractivity contribution is 0.744. The summed E-state index contributed by atoms with van der Waals surface area (Å²) < 4.78 is 5.26. The Labute approximate surface area is 341 Å². The Morgan fingerprint density at radius 3 is 0.589 bits per heavy atom. The Balaban J connectivity index is 1.52. The van der Waals surface area contributed by atoms with Gasteiger partial charge < -0.3 is 31.9 Å². The van der Waals surface area contributed by atoms with E-state index in [1.54, 1.807) is 0 Å². The highest BCUT2D eigenvalue weighted by molar-refractivity contribution is 8.03. The molecule has 0 aliphatic carbocycles. The molecule has 0 spiro atoms. The molecule has 1 heterocycles. The van der Waals surface area contributed by atoms with Crippen molar-refractivity contribution in [3.63, 3.8) is 0 Å². The zero-order valence-corrected chi connectivity index (χ0v) is 34.1. The van der Waals surface area contributed by atoms with E-state index in [1.165, 1.54) is 31.8 Å². The first-order chi connectivity index (χ1) is 27.6. The molecule has 0 aromatic heterocycles. The molecule has 1 saturated heterocycles. The third-order valence-electron chi connectivity index (χ3n) is 11.3. The number of rotatable bonds is 10. The van der Waals surface area contributed by atoms with Crippen LogP contribution in [0.5, 0.6) is 0 Å². The minimum absolute atomic E-state index is 1.02. The van der Waals surface area contributed by atoms with E-state index in [0.29, 0.717) is 0 Å². The molecular formula is C48H40B2Cl2N2P2. The molecule has 1 fully saturated rings. The number of nitrogens with zero attached hydrogens (tertiary/aromatic N) is 2. The largest absolute Gasteiger partial charge is 0.433 e. The van der Waals surface area contributed by atoms with Crippen LogP contribution in [0.2, 0.25) is 0 Å². The van der Waals surface area contributed by atoms with Gasteiger partial charge >= 0.3 is 0 Å². The second kappa shape index (κ2) is 15.3. The van der Waals surface area contributed by atoms with Crippen molar-refractivity contribution < 1.29 is 0 Å². The summed E-state index contributed by atoms with van der Waals surface area (Å²) in [6, 6.07) is 87.2. The lowest BCUT2D eigenvalue weighted by atomic mass is 9.40. The monoisotopic (exact) mass is 798 g/mol. The van der Waals surface area contributed by atoms with Crippen LogP contribution in [0.25, 0.3) is 0 Å². The summed E-state index contributed by atoms with van der Waals surface area (Å²) in [5, 5.41) is 7.12. The van der Waals surface area contributed by atoms with Crippen LogP contribution in [-0.4, -0.2) is 20.6 Å². The second-order valence-electron chi connectivity index (χ2n) is 14.2. The standard InChI is InChI=1S/C48H40B2Cl2N2P2/c51-49(41-25-9-1-10-26-41)53(55(43-29-13-3-14-30-43,44-31-15-4-16-32-44)45-33-17-5-18-34-45)50(52,42-27-11-2-12-28-42)54(49)56(46-35-19-6-20-36-46,47-37-21-7-22-38-47)48-39-23-8-24-40-48/h1-40H. The third-order valence-corrected chi connectivity index (χ3v) is 22.2. The molecule has 0 N–H and O–H groups in total. The van der Waals surface area contributed by atoms with Crippen molar-refractivity contribution in [1.82, 2.24) is 8.98 Å². The Morgan fingerprint density at radius 1 is 0.250 bits per heavy atom. The van der Waals surface area contributed by atoms with Gasteiger partial charge in [0.15, 0.2) is 0 Å². The predicted molar refractivity (Wildman–Crippen MR) is 249 cm³/mol. The number of benzene rings is 8. The van der Waals surface area contributed by atoms with Crippen molar-refractivity contribution in [2.45, 2.75) is 0 Å². The molecular weight excluding hydrogens is 759 g/mol. The van der Waals surface area contributed by atoms with E-state index >= 15 is 0 Å². The first-order valence-corrected chi connectivity index (χ1v) is 23.4.